The molecule has 7 nitrogen and oxygen atoms in total. The van der Waals surface area contributed by atoms with Crippen LogP contribution in [-0.4, -0.2) is 58.3 Å². The van der Waals surface area contributed by atoms with Crippen LogP contribution in [0.5, 0.6) is 5.75 Å². The molecular formula is C24H26ClIN2O5. The number of carbonyl (C=O) groups is 2. The van der Waals surface area contributed by atoms with E-state index in [0.29, 0.717) is 16.3 Å². The zero-order valence-electron chi connectivity index (χ0n) is 18.1. The van der Waals surface area contributed by atoms with Crippen LogP contribution in [0, 0.1) is 3.57 Å². The minimum atomic E-state index is -1.06. The number of para-hydroxylation sites is 1. The summed E-state index contributed by atoms with van der Waals surface area (Å²) in [5.41, 5.74) is 1.23. The van der Waals surface area contributed by atoms with Crippen molar-refractivity contribution in [2.75, 3.05) is 13.2 Å². The Balaban J connectivity index is 1.92. The lowest BCUT2D eigenvalue weighted by Gasteiger charge is -2.40. The number of nitrogens with zero attached hydrogens (tertiary/aromatic N) is 1. The topological polar surface area (TPSA) is 99.1 Å². The SMILES string of the molecule is CC(=O)N(Cc1ccc(Cl)cc1)C1CC(C(=O)NCCO)=CC(Oc2ccccc2I)C1O. The van der Waals surface area contributed by atoms with Crippen LogP contribution in [0.3, 0.4) is 0 Å². The average molecular weight is 585 g/mol. The van der Waals surface area contributed by atoms with Crippen LogP contribution in [0.4, 0.5) is 0 Å². The molecule has 1 aliphatic carbocycles. The maximum absolute atomic E-state index is 12.7. The van der Waals surface area contributed by atoms with E-state index >= 15 is 0 Å². The van der Waals surface area contributed by atoms with E-state index < -0.39 is 18.2 Å². The van der Waals surface area contributed by atoms with E-state index in [9.17, 15) is 14.7 Å². The zero-order valence-corrected chi connectivity index (χ0v) is 21.0. The molecule has 3 unspecified atom stereocenters. The average Bonchev–Trinajstić information content (AvgIpc) is 2.79. The Morgan fingerprint density at radius 3 is 2.55 bits per heavy atom. The van der Waals surface area contributed by atoms with Crippen LogP contribution in [0.1, 0.15) is 18.9 Å². The number of aliphatic hydroxyl groups excluding tert-OH is 2. The second-order valence-electron chi connectivity index (χ2n) is 7.72. The third-order valence-electron chi connectivity index (χ3n) is 5.39. The van der Waals surface area contributed by atoms with E-state index in [-0.39, 0.29) is 37.9 Å². The molecule has 2 aromatic carbocycles. The van der Waals surface area contributed by atoms with Crippen molar-refractivity contribution in [3.8, 4) is 5.75 Å². The van der Waals surface area contributed by atoms with Gasteiger partial charge >= 0.3 is 0 Å². The first-order valence-electron chi connectivity index (χ1n) is 10.5. The molecule has 2 aromatic rings. The molecule has 0 saturated carbocycles. The fourth-order valence-electron chi connectivity index (χ4n) is 3.72. The minimum absolute atomic E-state index is 0.104. The Morgan fingerprint density at radius 2 is 1.91 bits per heavy atom. The van der Waals surface area contributed by atoms with Crippen molar-refractivity contribution in [3.05, 3.63) is 74.3 Å². The molecule has 0 saturated heterocycles. The molecule has 176 valence electrons. The summed E-state index contributed by atoms with van der Waals surface area (Å²) in [6, 6.07) is 13.8. The lowest BCUT2D eigenvalue weighted by Crippen LogP contribution is -2.54. The Morgan fingerprint density at radius 1 is 1.21 bits per heavy atom. The summed E-state index contributed by atoms with van der Waals surface area (Å²) in [7, 11) is 0. The molecule has 0 aromatic heterocycles. The Hall–Kier alpha value is -2.14. The van der Waals surface area contributed by atoms with Gasteiger partial charge in [-0.3, -0.25) is 9.59 Å². The monoisotopic (exact) mass is 584 g/mol. The van der Waals surface area contributed by atoms with Crippen LogP contribution in [-0.2, 0) is 16.1 Å². The standard InChI is InChI=1S/C24H26ClIN2O5/c1-15(30)28(14-16-6-8-18(25)9-7-16)20-12-17(24(32)27-10-11-29)13-22(23(20)31)33-21-5-3-2-4-19(21)26/h2-9,13,20,22-23,29,31H,10-12,14H2,1H3,(H,27,32). The smallest absolute Gasteiger partial charge is 0.247 e. The van der Waals surface area contributed by atoms with E-state index in [4.69, 9.17) is 21.4 Å². The van der Waals surface area contributed by atoms with E-state index in [1.807, 2.05) is 30.3 Å². The Kier molecular flexibility index (Phi) is 9.13. The molecule has 0 heterocycles. The summed E-state index contributed by atoms with van der Waals surface area (Å²) >= 11 is 8.12. The van der Waals surface area contributed by atoms with Gasteiger partial charge in [0.25, 0.3) is 0 Å². The fourth-order valence-corrected chi connectivity index (χ4v) is 4.36. The first kappa shape index (κ1) is 25.5. The predicted octanol–water partition coefficient (Wildman–Crippen LogP) is 2.91. The number of amides is 2. The Labute approximate surface area is 211 Å². The van der Waals surface area contributed by atoms with Gasteiger partial charge in [0, 0.05) is 37.0 Å². The maximum atomic E-state index is 12.7. The molecular weight excluding hydrogens is 559 g/mol. The molecule has 1 aliphatic rings. The number of benzene rings is 2. The van der Waals surface area contributed by atoms with Gasteiger partial charge in [0.2, 0.25) is 11.8 Å². The summed E-state index contributed by atoms with van der Waals surface area (Å²) in [5, 5.41) is 23.5. The van der Waals surface area contributed by atoms with E-state index in [0.717, 1.165) is 9.13 Å². The maximum Gasteiger partial charge on any atom is 0.247 e. The van der Waals surface area contributed by atoms with Gasteiger partial charge in [-0.25, -0.2) is 0 Å². The van der Waals surface area contributed by atoms with E-state index in [1.54, 1.807) is 29.2 Å². The van der Waals surface area contributed by atoms with Gasteiger partial charge < -0.3 is 25.2 Å². The lowest BCUT2D eigenvalue weighted by molar-refractivity contribution is -0.137. The van der Waals surface area contributed by atoms with Crippen LogP contribution in [0.15, 0.2) is 60.2 Å². The van der Waals surface area contributed by atoms with Crippen molar-refractivity contribution in [2.45, 2.75) is 38.1 Å². The summed E-state index contributed by atoms with van der Waals surface area (Å²) < 4.78 is 6.95. The van der Waals surface area contributed by atoms with Crippen LogP contribution in [0.2, 0.25) is 5.02 Å². The number of halogens is 2. The number of hydrogen-bond acceptors (Lipinski definition) is 5. The molecule has 3 N–H and O–H groups in total. The van der Waals surface area contributed by atoms with Crippen molar-refractivity contribution in [1.29, 1.82) is 0 Å². The molecule has 2 amide bonds. The highest BCUT2D eigenvalue weighted by atomic mass is 127. The van der Waals surface area contributed by atoms with Crippen molar-refractivity contribution in [1.82, 2.24) is 10.2 Å². The highest BCUT2D eigenvalue weighted by Gasteiger charge is 2.39. The lowest BCUT2D eigenvalue weighted by atomic mass is 9.88. The Bertz CT molecular complexity index is 1010. The van der Waals surface area contributed by atoms with E-state index in [2.05, 4.69) is 27.9 Å². The molecule has 0 bridgehead atoms. The summed E-state index contributed by atoms with van der Waals surface area (Å²) in [5.74, 6) is -0.0346. The number of rotatable bonds is 8. The van der Waals surface area contributed by atoms with Gasteiger partial charge in [-0.2, -0.15) is 0 Å². The van der Waals surface area contributed by atoms with Crippen molar-refractivity contribution >= 4 is 46.0 Å². The van der Waals surface area contributed by atoms with Crippen LogP contribution < -0.4 is 10.1 Å². The van der Waals surface area contributed by atoms with Crippen molar-refractivity contribution < 1.29 is 24.5 Å². The van der Waals surface area contributed by atoms with Gasteiger partial charge in [0.05, 0.1) is 16.2 Å². The summed E-state index contributed by atoms with van der Waals surface area (Å²) in [6.07, 6.45) is -0.164. The van der Waals surface area contributed by atoms with Crippen LogP contribution >= 0.6 is 34.2 Å². The molecule has 0 radical (unpaired) electrons. The first-order valence-corrected chi connectivity index (χ1v) is 12.0. The second kappa shape index (κ2) is 11.8. The normalized spacial score (nSPS) is 20.0. The van der Waals surface area contributed by atoms with Gasteiger partial charge in [0.15, 0.2) is 0 Å². The van der Waals surface area contributed by atoms with E-state index in [1.165, 1.54) is 6.92 Å². The van der Waals surface area contributed by atoms with Crippen LogP contribution in [0.25, 0.3) is 0 Å². The summed E-state index contributed by atoms with van der Waals surface area (Å²) in [4.78, 5) is 26.9. The highest BCUT2D eigenvalue weighted by molar-refractivity contribution is 14.1. The quantitative estimate of drug-likeness (QED) is 0.415. The molecule has 3 atom stereocenters. The number of nitrogens with one attached hydrogen (secondary N) is 1. The molecule has 0 fully saturated rings. The molecule has 33 heavy (non-hydrogen) atoms. The number of aliphatic hydroxyl groups is 2. The number of ether oxygens (including phenoxy) is 1. The fraction of sp³-hybridized carbons (Fsp3) is 0.333. The summed E-state index contributed by atoms with van der Waals surface area (Å²) in [6.45, 7) is 1.59. The van der Waals surface area contributed by atoms with Crippen molar-refractivity contribution in [2.24, 2.45) is 0 Å². The first-order chi connectivity index (χ1) is 15.8. The van der Waals surface area contributed by atoms with Crippen molar-refractivity contribution in [3.63, 3.8) is 0 Å². The van der Waals surface area contributed by atoms with Gasteiger partial charge in [-0.1, -0.05) is 35.9 Å². The van der Waals surface area contributed by atoms with Gasteiger partial charge in [-0.05, 0) is 58.5 Å². The molecule has 3 rings (SSSR count). The molecule has 9 heteroatoms. The third kappa shape index (κ3) is 6.69. The number of carbonyl (C=O) groups excluding carboxylic acids is 2. The predicted molar refractivity (Wildman–Crippen MR) is 134 cm³/mol. The largest absolute Gasteiger partial charge is 0.482 e. The third-order valence-corrected chi connectivity index (χ3v) is 6.53. The van der Waals surface area contributed by atoms with Gasteiger partial charge in [-0.15, -0.1) is 0 Å². The molecule has 0 aliphatic heterocycles. The number of hydrogen-bond donors (Lipinski definition) is 3. The minimum Gasteiger partial charge on any atom is -0.482 e. The molecule has 0 spiro atoms. The zero-order chi connectivity index (χ0) is 24.0. The second-order valence-corrected chi connectivity index (χ2v) is 9.32. The highest BCUT2D eigenvalue weighted by Crippen LogP contribution is 2.30. The van der Waals surface area contributed by atoms with Gasteiger partial charge in [0.1, 0.15) is 18.0 Å².